The first-order valence-corrected chi connectivity index (χ1v) is 11.3. The van der Waals surface area contributed by atoms with E-state index in [4.69, 9.17) is 0 Å². The molecule has 0 radical (unpaired) electrons. The van der Waals surface area contributed by atoms with Crippen LogP contribution in [-0.2, 0) is 14.8 Å². The second kappa shape index (κ2) is 7.57. The van der Waals surface area contributed by atoms with Crippen LogP contribution in [-0.4, -0.2) is 41.7 Å². The van der Waals surface area contributed by atoms with E-state index in [-0.39, 0.29) is 16.7 Å². The molecule has 28 heavy (non-hydrogen) atoms. The number of aromatic nitrogens is 2. The zero-order valence-corrected chi connectivity index (χ0v) is 17.0. The topological polar surface area (TPSA) is 92.3 Å². The predicted octanol–water partition coefficient (Wildman–Crippen LogP) is 3.04. The highest BCUT2D eigenvalue weighted by molar-refractivity contribution is 7.89. The lowest BCUT2D eigenvalue weighted by molar-refractivity contribution is -0.120. The molecule has 1 saturated heterocycles. The largest absolute Gasteiger partial charge is 0.326 e. The van der Waals surface area contributed by atoms with Crippen molar-refractivity contribution >= 4 is 43.2 Å². The Balaban J connectivity index is 1.39. The van der Waals surface area contributed by atoms with Crippen LogP contribution >= 0.6 is 11.3 Å². The number of fused-ring (bicyclic) bond motifs is 1. The second-order valence-corrected chi connectivity index (χ2v) is 9.94. The molecule has 146 valence electrons. The fourth-order valence-corrected chi connectivity index (χ4v) is 5.67. The van der Waals surface area contributed by atoms with Gasteiger partial charge < -0.3 is 5.32 Å². The SMILES string of the molecule is Cc1nc2ccc(NC(=O)C3CCN(S(=O)(=O)c4cccnc4)CC3)cc2s1. The van der Waals surface area contributed by atoms with Gasteiger partial charge in [0.25, 0.3) is 0 Å². The molecule has 0 unspecified atom stereocenters. The molecule has 3 heterocycles. The van der Waals surface area contributed by atoms with Crippen molar-refractivity contribution < 1.29 is 13.2 Å². The molecule has 1 fully saturated rings. The molecule has 0 atom stereocenters. The maximum Gasteiger partial charge on any atom is 0.244 e. The van der Waals surface area contributed by atoms with Crippen molar-refractivity contribution in [3.63, 3.8) is 0 Å². The van der Waals surface area contributed by atoms with Gasteiger partial charge in [-0.15, -0.1) is 11.3 Å². The van der Waals surface area contributed by atoms with Gasteiger partial charge in [-0.1, -0.05) is 0 Å². The fourth-order valence-electron chi connectivity index (χ4n) is 3.37. The molecule has 0 saturated carbocycles. The smallest absolute Gasteiger partial charge is 0.244 e. The highest BCUT2D eigenvalue weighted by Crippen LogP contribution is 2.27. The normalized spacial score (nSPS) is 16.3. The third-order valence-corrected chi connectivity index (χ3v) is 7.68. The predicted molar refractivity (Wildman–Crippen MR) is 109 cm³/mol. The van der Waals surface area contributed by atoms with E-state index < -0.39 is 10.0 Å². The lowest BCUT2D eigenvalue weighted by atomic mass is 9.97. The first-order valence-electron chi connectivity index (χ1n) is 9.02. The quantitative estimate of drug-likeness (QED) is 0.706. The van der Waals surface area contributed by atoms with Crippen LogP contribution in [0.15, 0.2) is 47.6 Å². The van der Waals surface area contributed by atoms with Crippen LogP contribution in [0.3, 0.4) is 0 Å². The molecule has 1 aliphatic heterocycles. The van der Waals surface area contributed by atoms with Gasteiger partial charge in [-0.2, -0.15) is 4.31 Å². The summed E-state index contributed by atoms with van der Waals surface area (Å²) in [6, 6.07) is 8.83. The van der Waals surface area contributed by atoms with E-state index in [0.717, 1.165) is 20.9 Å². The molecule has 2 aromatic heterocycles. The van der Waals surface area contributed by atoms with Gasteiger partial charge >= 0.3 is 0 Å². The molecule has 0 spiro atoms. The molecule has 0 bridgehead atoms. The zero-order valence-electron chi connectivity index (χ0n) is 15.3. The van der Waals surface area contributed by atoms with Crippen LogP contribution in [0.2, 0.25) is 0 Å². The van der Waals surface area contributed by atoms with Crippen molar-refractivity contribution in [2.24, 2.45) is 5.92 Å². The number of pyridine rings is 1. The minimum absolute atomic E-state index is 0.0704. The van der Waals surface area contributed by atoms with Crippen molar-refractivity contribution in [3.05, 3.63) is 47.7 Å². The van der Waals surface area contributed by atoms with Crippen molar-refractivity contribution in [1.29, 1.82) is 0 Å². The number of carbonyl (C=O) groups is 1. The first-order chi connectivity index (χ1) is 13.4. The van der Waals surface area contributed by atoms with Crippen LogP contribution in [0, 0.1) is 12.8 Å². The van der Waals surface area contributed by atoms with E-state index in [1.807, 2.05) is 25.1 Å². The van der Waals surface area contributed by atoms with Gasteiger partial charge in [0.1, 0.15) is 4.90 Å². The Morgan fingerprint density at radius 1 is 1.25 bits per heavy atom. The summed E-state index contributed by atoms with van der Waals surface area (Å²) >= 11 is 1.59. The van der Waals surface area contributed by atoms with Gasteiger partial charge in [-0.05, 0) is 50.1 Å². The Labute approximate surface area is 167 Å². The second-order valence-electron chi connectivity index (χ2n) is 6.77. The van der Waals surface area contributed by atoms with Gasteiger partial charge in [0.2, 0.25) is 15.9 Å². The molecular formula is C19H20N4O3S2. The van der Waals surface area contributed by atoms with E-state index in [1.165, 1.54) is 10.5 Å². The number of rotatable bonds is 4. The highest BCUT2D eigenvalue weighted by Gasteiger charge is 2.32. The standard InChI is InChI=1S/C19H20N4O3S2/c1-13-21-17-5-4-15(11-18(17)27-13)22-19(24)14-6-9-23(10-7-14)28(25,26)16-3-2-8-20-12-16/h2-5,8,11-12,14H,6-7,9-10H2,1H3,(H,22,24). The third kappa shape index (κ3) is 3.78. The van der Waals surface area contributed by atoms with E-state index >= 15 is 0 Å². The van der Waals surface area contributed by atoms with Gasteiger partial charge in [0.05, 0.1) is 15.2 Å². The Hall–Kier alpha value is -2.36. The fraction of sp³-hybridized carbons (Fsp3) is 0.316. The Morgan fingerprint density at radius 2 is 2.04 bits per heavy atom. The highest BCUT2D eigenvalue weighted by atomic mass is 32.2. The zero-order chi connectivity index (χ0) is 19.7. The first kappa shape index (κ1) is 19.0. The van der Waals surface area contributed by atoms with Crippen LogP contribution in [0.1, 0.15) is 17.8 Å². The molecular weight excluding hydrogens is 396 g/mol. The summed E-state index contributed by atoms with van der Waals surface area (Å²) in [4.78, 5) is 21.1. The number of carbonyl (C=O) groups excluding carboxylic acids is 1. The number of nitrogens with zero attached hydrogens (tertiary/aromatic N) is 3. The van der Waals surface area contributed by atoms with E-state index in [0.29, 0.717) is 25.9 Å². The van der Waals surface area contributed by atoms with Crippen LogP contribution in [0.5, 0.6) is 0 Å². The van der Waals surface area contributed by atoms with Crippen LogP contribution < -0.4 is 5.32 Å². The number of aryl methyl sites for hydroxylation is 1. The summed E-state index contributed by atoms with van der Waals surface area (Å²) < 4.78 is 27.8. The van der Waals surface area contributed by atoms with Crippen molar-refractivity contribution in [3.8, 4) is 0 Å². The molecule has 1 N–H and O–H groups in total. The Kier molecular flexibility index (Phi) is 5.13. The van der Waals surface area contributed by atoms with Crippen LogP contribution in [0.4, 0.5) is 5.69 Å². The monoisotopic (exact) mass is 416 g/mol. The molecule has 4 rings (SSSR count). The maximum atomic E-state index is 12.7. The lowest BCUT2D eigenvalue weighted by Gasteiger charge is -2.30. The molecule has 9 heteroatoms. The minimum Gasteiger partial charge on any atom is -0.326 e. The third-order valence-electron chi connectivity index (χ3n) is 4.86. The number of sulfonamides is 1. The molecule has 7 nitrogen and oxygen atoms in total. The maximum absolute atomic E-state index is 12.7. The molecule has 0 aliphatic carbocycles. The number of benzene rings is 1. The van der Waals surface area contributed by atoms with Gasteiger partial charge in [-0.3, -0.25) is 9.78 Å². The van der Waals surface area contributed by atoms with Gasteiger partial charge in [0, 0.05) is 37.1 Å². The lowest BCUT2D eigenvalue weighted by Crippen LogP contribution is -2.41. The van der Waals surface area contributed by atoms with E-state index in [1.54, 1.807) is 29.7 Å². The number of hydrogen-bond donors (Lipinski definition) is 1. The number of nitrogens with one attached hydrogen (secondary N) is 1. The summed E-state index contributed by atoms with van der Waals surface area (Å²) in [5.41, 5.74) is 1.67. The van der Waals surface area contributed by atoms with Crippen LogP contribution in [0.25, 0.3) is 10.2 Å². The average molecular weight is 417 g/mol. The van der Waals surface area contributed by atoms with Crippen molar-refractivity contribution in [2.75, 3.05) is 18.4 Å². The number of hydrogen-bond acceptors (Lipinski definition) is 6. The summed E-state index contributed by atoms with van der Waals surface area (Å²) in [7, 11) is -3.56. The van der Waals surface area contributed by atoms with Gasteiger partial charge in [-0.25, -0.2) is 13.4 Å². The van der Waals surface area contributed by atoms with E-state index in [2.05, 4.69) is 15.3 Å². The number of piperidine rings is 1. The average Bonchev–Trinajstić information content (AvgIpc) is 3.08. The molecule has 1 amide bonds. The van der Waals surface area contributed by atoms with Gasteiger partial charge in [0.15, 0.2) is 0 Å². The Morgan fingerprint density at radius 3 is 2.75 bits per heavy atom. The summed E-state index contributed by atoms with van der Waals surface area (Å²) in [6.07, 6.45) is 3.88. The number of amides is 1. The van der Waals surface area contributed by atoms with Crippen molar-refractivity contribution in [1.82, 2.24) is 14.3 Å². The van der Waals surface area contributed by atoms with Crippen molar-refractivity contribution in [2.45, 2.75) is 24.7 Å². The molecule has 1 aliphatic rings. The molecule has 1 aromatic carbocycles. The van der Waals surface area contributed by atoms with E-state index in [9.17, 15) is 13.2 Å². The summed E-state index contributed by atoms with van der Waals surface area (Å²) in [5, 5.41) is 3.95. The summed E-state index contributed by atoms with van der Waals surface area (Å²) in [6.45, 7) is 2.60. The molecule has 3 aromatic rings. The Bertz CT molecular complexity index is 1100. The number of anilines is 1. The summed E-state index contributed by atoms with van der Waals surface area (Å²) in [5.74, 6) is -0.279. The number of thiazole rings is 1. The minimum atomic E-state index is -3.56.